The van der Waals surface area contributed by atoms with Gasteiger partial charge in [0.1, 0.15) is 0 Å². The summed E-state index contributed by atoms with van der Waals surface area (Å²) in [5.74, 6) is -0.893. The molecule has 0 saturated carbocycles. The van der Waals surface area contributed by atoms with Crippen molar-refractivity contribution in [2.45, 2.75) is 11.8 Å². The van der Waals surface area contributed by atoms with E-state index in [2.05, 4.69) is 20.9 Å². The standard InChI is InChI=1S/C10H10BrNO3.BrH/c1-2-15-10(14)8(11)9(13)7-3-5-12-6-4-7;/h3-6,8H,2H2,1H3;1H. The van der Waals surface area contributed by atoms with Crippen LogP contribution >= 0.6 is 32.9 Å². The zero-order valence-electron chi connectivity index (χ0n) is 8.55. The lowest BCUT2D eigenvalue weighted by Crippen LogP contribution is -2.26. The summed E-state index contributed by atoms with van der Waals surface area (Å²) >= 11 is 3.00. The third-order valence-corrected chi connectivity index (χ3v) is 2.48. The number of esters is 1. The Balaban J connectivity index is 0.00000225. The molecule has 0 fully saturated rings. The van der Waals surface area contributed by atoms with Crippen molar-refractivity contribution < 1.29 is 14.3 Å². The molecule has 16 heavy (non-hydrogen) atoms. The Bertz CT molecular complexity index is 356. The van der Waals surface area contributed by atoms with Gasteiger partial charge in [0.2, 0.25) is 0 Å². The predicted molar refractivity (Wildman–Crippen MR) is 68.2 cm³/mol. The lowest BCUT2D eigenvalue weighted by atomic mass is 10.1. The highest BCUT2D eigenvalue weighted by atomic mass is 79.9. The van der Waals surface area contributed by atoms with Gasteiger partial charge in [0, 0.05) is 18.0 Å². The fraction of sp³-hybridized carbons (Fsp3) is 0.300. The maximum absolute atomic E-state index is 11.7. The van der Waals surface area contributed by atoms with Gasteiger partial charge in [-0.2, -0.15) is 0 Å². The average Bonchev–Trinajstić information content (AvgIpc) is 2.28. The number of hydrogen-bond donors (Lipinski definition) is 0. The first-order valence-electron chi connectivity index (χ1n) is 4.41. The van der Waals surface area contributed by atoms with Crippen molar-refractivity contribution in [3.8, 4) is 0 Å². The topological polar surface area (TPSA) is 56.3 Å². The summed E-state index contributed by atoms with van der Waals surface area (Å²) in [6.07, 6.45) is 3.00. The molecule has 1 atom stereocenters. The highest BCUT2D eigenvalue weighted by Crippen LogP contribution is 2.11. The Kier molecular flexibility index (Phi) is 7.16. The van der Waals surface area contributed by atoms with Crippen molar-refractivity contribution in [3.63, 3.8) is 0 Å². The molecule has 6 heteroatoms. The van der Waals surface area contributed by atoms with Crippen LogP contribution in [0.4, 0.5) is 0 Å². The molecule has 1 aromatic rings. The maximum atomic E-state index is 11.7. The van der Waals surface area contributed by atoms with Gasteiger partial charge in [-0.3, -0.25) is 14.6 Å². The SMILES string of the molecule is Br.CCOC(=O)C(Br)C(=O)c1ccncc1. The van der Waals surface area contributed by atoms with Crippen LogP contribution in [0.15, 0.2) is 24.5 Å². The first kappa shape index (κ1) is 15.2. The van der Waals surface area contributed by atoms with Crippen LogP contribution in [0, 0.1) is 0 Å². The van der Waals surface area contributed by atoms with Gasteiger partial charge in [-0.05, 0) is 19.1 Å². The second kappa shape index (κ2) is 7.51. The molecule has 0 spiro atoms. The van der Waals surface area contributed by atoms with Crippen LogP contribution in [0.5, 0.6) is 0 Å². The minimum absolute atomic E-state index is 0. The molecule has 0 radical (unpaired) electrons. The van der Waals surface area contributed by atoms with Gasteiger partial charge in [0.05, 0.1) is 6.61 Å². The van der Waals surface area contributed by atoms with Crippen LogP contribution in [0.1, 0.15) is 17.3 Å². The van der Waals surface area contributed by atoms with E-state index in [1.54, 1.807) is 19.1 Å². The first-order valence-corrected chi connectivity index (χ1v) is 5.33. The number of carbonyl (C=O) groups is 2. The van der Waals surface area contributed by atoms with Gasteiger partial charge >= 0.3 is 5.97 Å². The smallest absolute Gasteiger partial charge is 0.327 e. The summed E-state index contributed by atoms with van der Waals surface area (Å²) in [6, 6.07) is 3.10. The van der Waals surface area contributed by atoms with Crippen LogP contribution < -0.4 is 0 Å². The number of alkyl halides is 1. The summed E-state index contributed by atoms with van der Waals surface area (Å²) in [6.45, 7) is 1.94. The molecule has 0 saturated heterocycles. The summed E-state index contributed by atoms with van der Waals surface area (Å²) < 4.78 is 4.72. The molecule has 0 N–H and O–H groups in total. The van der Waals surface area contributed by atoms with Gasteiger partial charge in [0.15, 0.2) is 10.6 Å². The van der Waals surface area contributed by atoms with Gasteiger partial charge in [-0.1, -0.05) is 15.9 Å². The molecule has 1 unspecified atom stereocenters. The van der Waals surface area contributed by atoms with Crippen molar-refractivity contribution in [3.05, 3.63) is 30.1 Å². The van der Waals surface area contributed by atoms with Gasteiger partial charge in [-0.15, -0.1) is 17.0 Å². The van der Waals surface area contributed by atoms with Crippen LogP contribution in [0.25, 0.3) is 0 Å². The van der Waals surface area contributed by atoms with E-state index in [1.165, 1.54) is 12.4 Å². The molecule has 1 heterocycles. The predicted octanol–water partition coefficient (Wildman–Crippen LogP) is 2.17. The Morgan fingerprint density at radius 2 is 2.00 bits per heavy atom. The van der Waals surface area contributed by atoms with Crippen molar-refractivity contribution in [1.82, 2.24) is 4.98 Å². The van der Waals surface area contributed by atoms with Crippen molar-refractivity contribution in [2.75, 3.05) is 6.61 Å². The van der Waals surface area contributed by atoms with E-state index in [0.717, 1.165) is 0 Å². The van der Waals surface area contributed by atoms with E-state index in [-0.39, 0.29) is 29.4 Å². The Morgan fingerprint density at radius 3 is 2.50 bits per heavy atom. The molecule has 88 valence electrons. The van der Waals surface area contributed by atoms with Crippen LogP contribution in [-0.4, -0.2) is 28.2 Å². The molecule has 0 aromatic carbocycles. The summed E-state index contributed by atoms with van der Waals surface area (Å²) in [5.41, 5.74) is 0.430. The van der Waals surface area contributed by atoms with Gasteiger partial charge in [0.25, 0.3) is 0 Å². The third-order valence-electron chi connectivity index (χ3n) is 1.69. The number of ketones is 1. The number of pyridine rings is 1. The second-order valence-electron chi connectivity index (χ2n) is 2.71. The molecule has 1 rings (SSSR count). The normalized spacial score (nSPS) is 11.1. The first-order chi connectivity index (χ1) is 7.16. The molecule has 0 amide bonds. The van der Waals surface area contributed by atoms with Crippen molar-refractivity contribution in [2.24, 2.45) is 0 Å². The zero-order valence-corrected chi connectivity index (χ0v) is 11.9. The fourth-order valence-corrected chi connectivity index (χ4v) is 1.38. The molecule has 0 bridgehead atoms. The molecular formula is C10H11Br2NO3. The highest BCUT2D eigenvalue weighted by molar-refractivity contribution is 9.10. The Morgan fingerprint density at radius 1 is 1.44 bits per heavy atom. The quantitative estimate of drug-likeness (QED) is 0.360. The van der Waals surface area contributed by atoms with Crippen molar-refractivity contribution in [1.29, 1.82) is 0 Å². The molecule has 0 aliphatic rings. The van der Waals surface area contributed by atoms with Crippen LogP contribution in [-0.2, 0) is 9.53 Å². The van der Waals surface area contributed by atoms with E-state index < -0.39 is 10.8 Å². The summed E-state index contributed by atoms with van der Waals surface area (Å²) in [7, 11) is 0. The number of carbonyl (C=O) groups excluding carboxylic acids is 2. The van der Waals surface area contributed by atoms with E-state index >= 15 is 0 Å². The summed E-state index contributed by atoms with van der Waals surface area (Å²) in [4.78, 5) is 25.8. The van der Waals surface area contributed by atoms with E-state index in [4.69, 9.17) is 4.74 Å². The lowest BCUT2D eigenvalue weighted by molar-refractivity contribution is -0.141. The van der Waals surface area contributed by atoms with E-state index in [9.17, 15) is 9.59 Å². The maximum Gasteiger partial charge on any atom is 0.327 e. The number of rotatable bonds is 4. The van der Waals surface area contributed by atoms with Crippen LogP contribution in [0.2, 0.25) is 0 Å². The van der Waals surface area contributed by atoms with Gasteiger partial charge in [-0.25, -0.2) is 0 Å². The van der Waals surface area contributed by atoms with Crippen LogP contribution in [0.3, 0.4) is 0 Å². The minimum atomic E-state index is -0.945. The van der Waals surface area contributed by atoms with E-state index in [0.29, 0.717) is 5.56 Å². The van der Waals surface area contributed by atoms with E-state index in [1.807, 2.05) is 0 Å². The van der Waals surface area contributed by atoms with Gasteiger partial charge < -0.3 is 4.74 Å². The number of nitrogens with zero attached hydrogens (tertiary/aromatic N) is 1. The largest absolute Gasteiger partial charge is 0.465 e. The molecule has 1 aromatic heterocycles. The highest BCUT2D eigenvalue weighted by Gasteiger charge is 2.25. The summed E-state index contributed by atoms with van der Waals surface area (Å²) in [5, 5.41) is 0. The molecule has 0 aliphatic heterocycles. The monoisotopic (exact) mass is 351 g/mol. The Labute approximate surface area is 112 Å². The minimum Gasteiger partial charge on any atom is -0.465 e. The second-order valence-corrected chi connectivity index (χ2v) is 3.63. The number of hydrogen-bond acceptors (Lipinski definition) is 4. The third kappa shape index (κ3) is 4.02. The number of halogens is 2. The Hall–Kier alpha value is -0.750. The number of Topliss-reactive ketones (excluding diaryl/α,β-unsaturated/α-hetero) is 1. The fourth-order valence-electron chi connectivity index (χ4n) is 0.985. The molecule has 0 aliphatic carbocycles. The average molecular weight is 353 g/mol. The van der Waals surface area contributed by atoms with Crippen molar-refractivity contribution >= 4 is 44.7 Å². The lowest BCUT2D eigenvalue weighted by Gasteiger charge is -2.07. The zero-order chi connectivity index (χ0) is 11.3. The molecular weight excluding hydrogens is 342 g/mol. The molecule has 4 nitrogen and oxygen atoms in total. The number of aromatic nitrogens is 1. The number of ether oxygens (including phenoxy) is 1.